The second-order valence-electron chi connectivity index (χ2n) is 6.35. The summed E-state index contributed by atoms with van der Waals surface area (Å²) in [5, 5.41) is 13.1. The number of hydrogen-bond acceptors (Lipinski definition) is 6. The number of nitro benzene ring substituents is 1. The molecule has 0 aliphatic carbocycles. The summed E-state index contributed by atoms with van der Waals surface area (Å²) in [6.07, 6.45) is -0.153. The van der Waals surface area contributed by atoms with Gasteiger partial charge < -0.3 is 15.0 Å². The van der Waals surface area contributed by atoms with Gasteiger partial charge in [-0.05, 0) is 29.8 Å². The molecule has 30 heavy (non-hydrogen) atoms. The molecule has 0 unspecified atom stereocenters. The van der Waals surface area contributed by atoms with Crippen LogP contribution in [0.3, 0.4) is 0 Å². The van der Waals surface area contributed by atoms with Crippen LogP contribution in [-0.2, 0) is 20.9 Å². The highest BCUT2D eigenvalue weighted by Crippen LogP contribution is 2.11. The molecule has 0 saturated heterocycles. The number of rotatable bonds is 9. The average molecular weight is 417 g/mol. The molecule has 9 nitrogen and oxygen atoms in total. The van der Waals surface area contributed by atoms with Gasteiger partial charge in [0, 0.05) is 37.8 Å². The molecule has 0 aliphatic rings. The molecule has 0 heterocycles. The summed E-state index contributed by atoms with van der Waals surface area (Å²) in [5.74, 6) is -2.03. The molecule has 2 amide bonds. The number of nitro groups is 1. The van der Waals surface area contributed by atoms with Crippen molar-refractivity contribution in [2.75, 3.05) is 20.2 Å². The number of nitrogens with zero attached hydrogens (tertiary/aromatic N) is 2. The van der Waals surface area contributed by atoms with Crippen LogP contribution in [0.2, 0.25) is 0 Å². The third kappa shape index (κ3) is 6.97. The van der Waals surface area contributed by atoms with Crippen LogP contribution in [-0.4, -0.2) is 47.8 Å². The molecule has 0 radical (unpaired) electrons. The van der Waals surface area contributed by atoms with Crippen molar-refractivity contribution in [2.24, 2.45) is 0 Å². The van der Waals surface area contributed by atoms with Crippen molar-refractivity contribution in [3.05, 3.63) is 75.6 Å². The lowest BCUT2D eigenvalue weighted by molar-refractivity contribution is -0.384. The number of non-ortho nitro benzene ring substituents is 1. The van der Waals surface area contributed by atoms with E-state index in [0.717, 1.165) is 0 Å². The van der Waals surface area contributed by atoms with Gasteiger partial charge in [0.2, 0.25) is 0 Å². The van der Waals surface area contributed by atoms with Crippen LogP contribution in [0.4, 0.5) is 10.1 Å². The number of esters is 1. The molecule has 0 spiro atoms. The van der Waals surface area contributed by atoms with Crippen LogP contribution < -0.4 is 5.32 Å². The van der Waals surface area contributed by atoms with Gasteiger partial charge in [-0.3, -0.25) is 24.5 Å². The highest BCUT2D eigenvalue weighted by Gasteiger charge is 2.14. The molecule has 0 bridgehead atoms. The van der Waals surface area contributed by atoms with Crippen LogP contribution >= 0.6 is 0 Å². The summed E-state index contributed by atoms with van der Waals surface area (Å²) in [7, 11) is 1.51. The molecule has 0 fully saturated rings. The Bertz CT molecular complexity index is 932. The fraction of sp³-hybridized carbons (Fsp3) is 0.250. The minimum Gasteiger partial charge on any atom is -0.456 e. The van der Waals surface area contributed by atoms with E-state index in [1.54, 1.807) is 6.07 Å². The molecular formula is C20H20FN3O6. The van der Waals surface area contributed by atoms with Crippen molar-refractivity contribution in [3.63, 3.8) is 0 Å². The molecule has 0 atom stereocenters. The Labute approximate surface area is 171 Å². The number of hydrogen-bond donors (Lipinski definition) is 1. The maximum Gasteiger partial charge on any atom is 0.308 e. The van der Waals surface area contributed by atoms with Gasteiger partial charge in [-0.25, -0.2) is 4.39 Å². The predicted octanol–water partition coefficient (Wildman–Crippen LogP) is 2.06. The first-order valence-electron chi connectivity index (χ1n) is 8.93. The zero-order valence-electron chi connectivity index (χ0n) is 16.2. The fourth-order valence-corrected chi connectivity index (χ4v) is 2.44. The van der Waals surface area contributed by atoms with Gasteiger partial charge >= 0.3 is 5.97 Å². The zero-order chi connectivity index (χ0) is 22.1. The largest absolute Gasteiger partial charge is 0.456 e. The number of likely N-dealkylation sites (N-methyl/N-ethyl adjacent to an activating group) is 1. The summed E-state index contributed by atoms with van der Waals surface area (Å²) in [6, 6.07) is 10.8. The van der Waals surface area contributed by atoms with E-state index in [1.165, 1.54) is 54.4 Å². The summed E-state index contributed by atoms with van der Waals surface area (Å²) in [4.78, 5) is 47.0. The van der Waals surface area contributed by atoms with Crippen molar-refractivity contribution in [1.29, 1.82) is 0 Å². The van der Waals surface area contributed by atoms with Crippen molar-refractivity contribution in [3.8, 4) is 0 Å². The quantitative estimate of drug-likeness (QED) is 0.379. The molecule has 2 aromatic carbocycles. The molecule has 2 rings (SSSR count). The van der Waals surface area contributed by atoms with Crippen molar-refractivity contribution >= 4 is 23.5 Å². The lowest BCUT2D eigenvalue weighted by Crippen LogP contribution is -2.31. The highest BCUT2D eigenvalue weighted by molar-refractivity contribution is 5.94. The Kier molecular flexibility index (Phi) is 7.98. The molecule has 0 aromatic heterocycles. The molecule has 1 N–H and O–H groups in total. The minimum absolute atomic E-state index is 0.0258. The number of amides is 2. The minimum atomic E-state index is -0.675. The summed E-state index contributed by atoms with van der Waals surface area (Å²) in [6.45, 7) is -0.331. The maximum absolute atomic E-state index is 13.2. The smallest absolute Gasteiger partial charge is 0.308 e. The lowest BCUT2D eigenvalue weighted by Gasteiger charge is -2.17. The zero-order valence-corrected chi connectivity index (χ0v) is 16.2. The molecule has 2 aromatic rings. The predicted molar refractivity (Wildman–Crippen MR) is 104 cm³/mol. The van der Waals surface area contributed by atoms with E-state index in [9.17, 15) is 28.9 Å². The molecule has 10 heteroatoms. The molecule has 0 saturated carbocycles. The molecular weight excluding hydrogens is 397 g/mol. The first-order chi connectivity index (χ1) is 14.3. The van der Waals surface area contributed by atoms with Crippen LogP contribution in [0, 0.1) is 15.9 Å². The van der Waals surface area contributed by atoms with E-state index < -0.39 is 35.1 Å². The number of nitrogens with one attached hydrogen (secondary N) is 1. The van der Waals surface area contributed by atoms with Crippen molar-refractivity contribution in [2.45, 2.75) is 13.0 Å². The summed E-state index contributed by atoms with van der Waals surface area (Å²) in [5.41, 5.74) is 0.677. The normalized spacial score (nSPS) is 10.2. The average Bonchev–Trinajstić information content (AvgIpc) is 2.71. The number of carbonyl (C=O) groups is 3. The van der Waals surface area contributed by atoms with Crippen LogP contribution in [0.5, 0.6) is 0 Å². The van der Waals surface area contributed by atoms with E-state index in [-0.39, 0.29) is 30.8 Å². The number of halogens is 1. The second kappa shape index (κ2) is 10.6. The van der Waals surface area contributed by atoms with Gasteiger partial charge in [0.05, 0.1) is 11.3 Å². The summed E-state index contributed by atoms with van der Waals surface area (Å²) >= 11 is 0. The fourth-order valence-electron chi connectivity index (χ4n) is 2.44. The van der Waals surface area contributed by atoms with Crippen molar-refractivity contribution in [1.82, 2.24) is 10.2 Å². The highest BCUT2D eigenvalue weighted by atomic mass is 19.1. The van der Waals surface area contributed by atoms with E-state index in [0.29, 0.717) is 5.56 Å². The Morgan fingerprint density at radius 2 is 1.87 bits per heavy atom. The van der Waals surface area contributed by atoms with E-state index >= 15 is 0 Å². The Hall–Kier alpha value is -3.82. The third-order valence-corrected chi connectivity index (χ3v) is 4.05. The Morgan fingerprint density at radius 3 is 2.50 bits per heavy atom. The topological polar surface area (TPSA) is 119 Å². The van der Waals surface area contributed by atoms with Gasteiger partial charge in [0.25, 0.3) is 17.5 Å². The third-order valence-electron chi connectivity index (χ3n) is 4.05. The Balaban J connectivity index is 1.69. The van der Waals surface area contributed by atoms with E-state index in [4.69, 9.17) is 4.74 Å². The van der Waals surface area contributed by atoms with Crippen LogP contribution in [0.25, 0.3) is 0 Å². The van der Waals surface area contributed by atoms with Crippen molar-refractivity contribution < 1.29 is 28.4 Å². The number of carbonyl (C=O) groups excluding carboxylic acids is 3. The number of ether oxygens (including phenoxy) is 1. The van der Waals surface area contributed by atoms with Crippen LogP contribution in [0.15, 0.2) is 48.5 Å². The standard InChI is InChI=1S/C20H20FN3O6/c1-23(12-14-3-2-4-16(21)11-14)18(25)13-30-19(26)9-10-22-20(27)15-5-7-17(8-6-15)24(28)29/h2-8,11H,9-10,12-13H2,1H3,(H,22,27). The van der Waals surface area contributed by atoms with Gasteiger partial charge in [-0.2, -0.15) is 0 Å². The van der Waals surface area contributed by atoms with Gasteiger partial charge in [-0.1, -0.05) is 12.1 Å². The second-order valence-corrected chi connectivity index (χ2v) is 6.35. The van der Waals surface area contributed by atoms with Gasteiger partial charge in [0.1, 0.15) is 5.82 Å². The number of benzene rings is 2. The monoisotopic (exact) mass is 417 g/mol. The molecule has 0 aliphatic heterocycles. The van der Waals surface area contributed by atoms with Gasteiger partial charge in [0.15, 0.2) is 6.61 Å². The Morgan fingerprint density at radius 1 is 1.17 bits per heavy atom. The lowest BCUT2D eigenvalue weighted by atomic mass is 10.2. The van der Waals surface area contributed by atoms with Gasteiger partial charge in [-0.15, -0.1) is 0 Å². The summed E-state index contributed by atoms with van der Waals surface area (Å²) < 4.78 is 18.1. The SMILES string of the molecule is CN(Cc1cccc(F)c1)C(=O)COC(=O)CCNC(=O)c1ccc([N+](=O)[O-])cc1. The first kappa shape index (κ1) is 22.5. The van der Waals surface area contributed by atoms with E-state index in [2.05, 4.69) is 5.32 Å². The van der Waals surface area contributed by atoms with E-state index in [1.807, 2.05) is 0 Å². The maximum atomic E-state index is 13.2. The molecule has 158 valence electrons. The first-order valence-corrected chi connectivity index (χ1v) is 8.93. The van der Waals surface area contributed by atoms with Crippen LogP contribution in [0.1, 0.15) is 22.3 Å².